The molecule has 0 aromatic heterocycles. The van der Waals surface area contributed by atoms with Crippen molar-refractivity contribution in [3.05, 3.63) is 81.9 Å². The Morgan fingerprint density at radius 3 is 2.36 bits per heavy atom. The third kappa shape index (κ3) is 8.11. The molecule has 0 aliphatic heterocycles. The number of amides is 2. The van der Waals surface area contributed by atoms with E-state index in [0.717, 1.165) is 0 Å². The molecule has 0 heterocycles. The van der Waals surface area contributed by atoms with Crippen molar-refractivity contribution in [1.82, 2.24) is 0 Å². The van der Waals surface area contributed by atoms with Crippen LogP contribution in [-0.2, 0) is 22.6 Å². The molecule has 8 N–H and O–H groups in total. The maximum absolute atomic E-state index is 13.1. The topological polar surface area (TPSA) is 190 Å². The molecule has 11 nitrogen and oxygen atoms in total. The SMILES string of the molecule is CCOc1cc(CC(N)=O)cc(CNc2ccc(Cl)cc2C(=O)Nc2ccc(C(=N)N)cc2)c1OCC(=O)O. The Morgan fingerprint density at radius 1 is 1.03 bits per heavy atom. The quantitative estimate of drug-likeness (QED) is 0.137. The molecule has 0 radical (unpaired) electrons. The lowest BCUT2D eigenvalue weighted by molar-refractivity contribution is -0.139. The monoisotopic (exact) mass is 553 g/mol. The van der Waals surface area contributed by atoms with E-state index in [1.54, 1.807) is 55.5 Å². The summed E-state index contributed by atoms with van der Waals surface area (Å²) < 4.78 is 11.2. The number of hydrogen-bond donors (Lipinski definition) is 6. The number of benzene rings is 3. The van der Waals surface area contributed by atoms with Crippen LogP contribution < -0.4 is 31.6 Å². The molecule has 0 atom stereocenters. The third-order valence-corrected chi connectivity index (χ3v) is 5.59. The molecular formula is C27H28ClN5O6. The fourth-order valence-electron chi connectivity index (χ4n) is 3.70. The van der Waals surface area contributed by atoms with Crippen molar-refractivity contribution in [3.63, 3.8) is 0 Å². The lowest BCUT2D eigenvalue weighted by Crippen LogP contribution is -2.17. The number of aliphatic carboxylic acids is 1. The predicted molar refractivity (Wildman–Crippen MR) is 148 cm³/mol. The predicted octanol–water partition coefficient (Wildman–Crippen LogP) is 3.38. The first kappa shape index (κ1) is 28.8. The summed E-state index contributed by atoms with van der Waals surface area (Å²) >= 11 is 6.18. The van der Waals surface area contributed by atoms with Crippen LogP contribution in [0.1, 0.15) is 34.0 Å². The molecule has 3 aromatic rings. The highest BCUT2D eigenvalue weighted by Gasteiger charge is 2.18. The molecule has 39 heavy (non-hydrogen) atoms. The van der Waals surface area contributed by atoms with Crippen molar-refractivity contribution >= 4 is 46.6 Å². The largest absolute Gasteiger partial charge is 0.490 e. The summed E-state index contributed by atoms with van der Waals surface area (Å²) in [5.41, 5.74) is 13.6. The van der Waals surface area contributed by atoms with Gasteiger partial charge in [-0.2, -0.15) is 0 Å². The second-order valence-corrected chi connectivity index (χ2v) is 8.77. The van der Waals surface area contributed by atoms with Gasteiger partial charge in [0.25, 0.3) is 5.91 Å². The molecular weight excluding hydrogens is 526 g/mol. The molecule has 0 aliphatic rings. The number of carboxylic acid groups (broad SMARTS) is 1. The zero-order valence-electron chi connectivity index (χ0n) is 21.0. The van der Waals surface area contributed by atoms with Crippen molar-refractivity contribution in [2.24, 2.45) is 11.5 Å². The van der Waals surface area contributed by atoms with E-state index in [0.29, 0.717) is 33.1 Å². The van der Waals surface area contributed by atoms with E-state index in [-0.39, 0.29) is 42.5 Å². The standard InChI is InChI=1S/C27H28ClN5O6/c1-2-38-22-10-15(11-23(29)34)9-17(25(22)39-14-24(35)36)13-32-21-8-5-18(28)12-20(21)27(37)33-19-6-3-16(4-7-19)26(30)31/h3-10,12,32H,2,11,13-14H2,1H3,(H2,29,34)(H3,30,31)(H,33,37)(H,35,36). The second-order valence-electron chi connectivity index (χ2n) is 8.33. The van der Waals surface area contributed by atoms with Gasteiger partial charge in [-0.25, -0.2) is 4.79 Å². The lowest BCUT2D eigenvalue weighted by Gasteiger charge is -2.19. The van der Waals surface area contributed by atoms with Crippen LogP contribution in [0.2, 0.25) is 5.02 Å². The number of amidine groups is 1. The van der Waals surface area contributed by atoms with E-state index in [1.807, 2.05) is 0 Å². The van der Waals surface area contributed by atoms with Crippen LogP contribution in [0.25, 0.3) is 0 Å². The van der Waals surface area contributed by atoms with E-state index >= 15 is 0 Å². The Balaban J connectivity index is 1.91. The van der Waals surface area contributed by atoms with Gasteiger partial charge in [0.15, 0.2) is 18.1 Å². The Bertz CT molecular complexity index is 1390. The van der Waals surface area contributed by atoms with E-state index < -0.39 is 24.4 Å². The molecule has 0 fully saturated rings. The number of nitrogens with one attached hydrogen (secondary N) is 3. The van der Waals surface area contributed by atoms with Crippen molar-refractivity contribution in [2.75, 3.05) is 23.8 Å². The first-order valence-corrected chi connectivity index (χ1v) is 12.2. The van der Waals surface area contributed by atoms with Crippen molar-refractivity contribution in [3.8, 4) is 11.5 Å². The van der Waals surface area contributed by atoms with Gasteiger partial charge in [-0.1, -0.05) is 11.6 Å². The molecule has 0 unspecified atom stereocenters. The van der Waals surface area contributed by atoms with Gasteiger partial charge in [0.2, 0.25) is 5.91 Å². The molecule has 0 bridgehead atoms. The number of nitrogens with two attached hydrogens (primary N) is 2. The maximum atomic E-state index is 13.1. The van der Waals surface area contributed by atoms with Gasteiger partial charge in [0, 0.05) is 34.1 Å². The molecule has 204 valence electrons. The van der Waals surface area contributed by atoms with Gasteiger partial charge in [-0.15, -0.1) is 0 Å². The molecule has 0 spiro atoms. The summed E-state index contributed by atoms with van der Waals surface area (Å²) in [6, 6.07) is 14.4. The maximum Gasteiger partial charge on any atom is 0.341 e. The summed E-state index contributed by atoms with van der Waals surface area (Å²) in [4.78, 5) is 35.9. The highest BCUT2D eigenvalue weighted by molar-refractivity contribution is 6.31. The van der Waals surface area contributed by atoms with E-state index in [2.05, 4.69) is 10.6 Å². The molecule has 3 aromatic carbocycles. The molecule has 0 saturated carbocycles. The van der Waals surface area contributed by atoms with Crippen LogP contribution in [0.4, 0.5) is 11.4 Å². The van der Waals surface area contributed by atoms with Crippen molar-refractivity contribution in [2.45, 2.75) is 19.9 Å². The molecule has 3 rings (SSSR count). The number of halogens is 1. The Labute approximate surface area is 229 Å². The second kappa shape index (κ2) is 13.2. The number of rotatable bonds is 13. The molecule has 0 saturated heterocycles. The normalized spacial score (nSPS) is 10.4. The fourth-order valence-corrected chi connectivity index (χ4v) is 3.87. The zero-order chi connectivity index (χ0) is 28.5. The summed E-state index contributed by atoms with van der Waals surface area (Å²) in [6.07, 6.45) is -0.0662. The van der Waals surface area contributed by atoms with Crippen molar-refractivity contribution in [1.29, 1.82) is 5.41 Å². The van der Waals surface area contributed by atoms with Crippen LogP contribution in [0, 0.1) is 5.41 Å². The van der Waals surface area contributed by atoms with Crippen LogP contribution in [-0.4, -0.2) is 41.9 Å². The number of nitrogen functional groups attached to an aromatic ring is 1. The first-order valence-electron chi connectivity index (χ1n) is 11.8. The van der Waals surface area contributed by atoms with Gasteiger partial charge in [-0.3, -0.25) is 15.0 Å². The summed E-state index contributed by atoms with van der Waals surface area (Å²) in [5.74, 6) is -1.82. The first-order chi connectivity index (χ1) is 18.6. The van der Waals surface area contributed by atoms with E-state index in [9.17, 15) is 14.4 Å². The van der Waals surface area contributed by atoms with Crippen LogP contribution >= 0.6 is 11.6 Å². The third-order valence-electron chi connectivity index (χ3n) is 5.36. The molecule has 12 heteroatoms. The number of carbonyl (C=O) groups excluding carboxylic acids is 2. The van der Waals surface area contributed by atoms with Crippen LogP contribution in [0.5, 0.6) is 11.5 Å². The summed E-state index contributed by atoms with van der Waals surface area (Å²) in [7, 11) is 0. The number of hydrogen-bond acceptors (Lipinski definition) is 7. The highest BCUT2D eigenvalue weighted by atomic mass is 35.5. The number of carboxylic acids is 1. The van der Waals surface area contributed by atoms with Crippen molar-refractivity contribution < 1.29 is 29.0 Å². The number of ether oxygens (including phenoxy) is 2. The van der Waals surface area contributed by atoms with Gasteiger partial charge in [0.05, 0.1) is 18.6 Å². The van der Waals surface area contributed by atoms with E-state index in [4.69, 9.17) is 43.1 Å². The number of primary amides is 1. The van der Waals surface area contributed by atoms with Gasteiger partial charge in [0.1, 0.15) is 5.84 Å². The number of anilines is 2. The summed E-state index contributed by atoms with van der Waals surface area (Å²) in [6.45, 7) is 1.49. The smallest absolute Gasteiger partial charge is 0.341 e. The summed E-state index contributed by atoms with van der Waals surface area (Å²) in [5, 5.41) is 22.9. The van der Waals surface area contributed by atoms with Crippen LogP contribution in [0.15, 0.2) is 54.6 Å². The Hall–Kier alpha value is -4.77. The zero-order valence-corrected chi connectivity index (χ0v) is 21.8. The fraction of sp³-hybridized carbons (Fsp3) is 0.185. The molecule has 0 aliphatic carbocycles. The Morgan fingerprint density at radius 2 is 1.74 bits per heavy atom. The lowest BCUT2D eigenvalue weighted by atomic mass is 10.0. The molecule has 2 amide bonds. The minimum Gasteiger partial charge on any atom is -0.490 e. The van der Waals surface area contributed by atoms with Gasteiger partial charge >= 0.3 is 5.97 Å². The minimum absolute atomic E-state index is 0.0662. The van der Waals surface area contributed by atoms with Crippen LogP contribution in [0.3, 0.4) is 0 Å². The van der Waals surface area contributed by atoms with Gasteiger partial charge < -0.3 is 36.7 Å². The average molecular weight is 554 g/mol. The highest BCUT2D eigenvalue weighted by Crippen LogP contribution is 2.35. The van der Waals surface area contributed by atoms with Gasteiger partial charge in [-0.05, 0) is 67.1 Å². The van der Waals surface area contributed by atoms with E-state index in [1.165, 1.54) is 6.07 Å². The average Bonchev–Trinajstić information content (AvgIpc) is 2.87. The Kier molecular flexibility index (Phi) is 9.71. The minimum atomic E-state index is -1.18. The number of carbonyl (C=O) groups is 3.